The highest BCUT2D eigenvalue weighted by Crippen LogP contribution is 2.24. The molecule has 0 bridgehead atoms. The van der Waals surface area contributed by atoms with E-state index in [4.69, 9.17) is 22.4 Å². The van der Waals surface area contributed by atoms with Crippen LogP contribution in [-0.4, -0.2) is 29.1 Å². The van der Waals surface area contributed by atoms with Gasteiger partial charge in [0.1, 0.15) is 0 Å². The molecule has 0 spiro atoms. The average molecular weight is 261 g/mol. The number of rotatable bonds is 5. The minimum atomic E-state index is -0.148. The molecule has 1 amide bonds. The Morgan fingerprint density at radius 2 is 2.31 bits per heavy atom. The summed E-state index contributed by atoms with van der Waals surface area (Å²) in [5, 5.41) is 11.6. The first-order chi connectivity index (χ1) is 7.63. The van der Waals surface area contributed by atoms with Crippen LogP contribution in [0.25, 0.3) is 0 Å². The van der Waals surface area contributed by atoms with E-state index < -0.39 is 0 Å². The Hall–Kier alpha value is -0.910. The zero-order chi connectivity index (χ0) is 12.0. The summed E-state index contributed by atoms with van der Waals surface area (Å²) in [6.07, 6.45) is 0. The molecule has 0 unspecified atom stereocenters. The first-order valence-electron chi connectivity index (χ1n) is 4.67. The predicted molar refractivity (Wildman–Crippen MR) is 68.9 cm³/mol. The maximum atomic E-state index is 11.4. The first-order valence-corrected chi connectivity index (χ1v) is 6.20. The molecule has 0 radical (unpaired) electrons. The van der Waals surface area contributed by atoms with Gasteiger partial charge in [-0.2, -0.15) is 0 Å². The number of halogens is 1. The number of nitrogen functional groups attached to an aromatic ring is 1. The molecule has 1 rings (SSSR count). The van der Waals surface area contributed by atoms with Crippen molar-refractivity contribution in [3.63, 3.8) is 0 Å². The standard InChI is InChI=1S/C10H13ClN2O2S/c11-8-5-7(12)1-2-9(8)13-10(15)6-16-4-3-14/h1-2,5,14H,3-4,6,12H2,(H,13,15). The monoisotopic (exact) mass is 260 g/mol. The van der Waals surface area contributed by atoms with Crippen LogP contribution in [0.15, 0.2) is 18.2 Å². The number of nitrogens with two attached hydrogens (primary N) is 1. The van der Waals surface area contributed by atoms with Crippen LogP contribution in [0.2, 0.25) is 5.02 Å². The second kappa shape index (κ2) is 6.62. The van der Waals surface area contributed by atoms with E-state index in [1.807, 2.05) is 0 Å². The van der Waals surface area contributed by atoms with Gasteiger partial charge in [-0.15, -0.1) is 11.8 Å². The summed E-state index contributed by atoms with van der Waals surface area (Å²) < 4.78 is 0. The maximum absolute atomic E-state index is 11.4. The van der Waals surface area contributed by atoms with Crippen molar-refractivity contribution in [1.29, 1.82) is 0 Å². The number of carbonyl (C=O) groups is 1. The summed E-state index contributed by atoms with van der Waals surface area (Å²) in [7, 11) is 0. The molecule has 0 aliphatic heterocycles. The van der Waals surface area contributed by atoms with Gasteiger partial charge in [0, 0.05) is 11.4 Å². The van der Waals surface area contributed by atoms with Gasteiger partial charge in [0.05, 0.1) is 23.1 Å². The van der Waals surface area contributed by atoms with Gasteiger partial charge in [-0.1, -0.05) is 11.6 Å². The average Bonchev–Trinajstić information content (AvgIpc) is 2.23. The number of hydrogen-bond acceptors (Lipinski definition) is 4. The fraction of sp³-hybridized carbons (Fsp3) is 0.300. The number of benzene rings is 1. The van der Waals surface area contributed by atoms with Crippen LogP contribution >= 0.6 is 23.4 Å². The first kappa shape index (κ1) is 13.2. The van der Waals surface area contributed by atoms with Crippen molar-refractivity contribution in [2.45, 2.75) is 0 Å². The molecule has 0 aromatic heterocycles. The molecule has 0 saturated carbocycles. The minimum absolute atomic E-state index is 0.0700. The molecule has 0 aliphatic rings. The second-order valence-electron chi connectivity index (χ2n) is 3.06. The summed E-state index contributed by atoms with van der Waals surface area (Å²) in [6.45, 7) is 0.0700. The van der Waals surface area contributed by atoms with E-state index in [2.05, 4.69) is 5.32 Å². The topological polar surface area (TPSA) is 75.3 Å². The third-order valence-corrected chi connectivity index (χ3v) is 2.99. The van der Waals surface area contributed by atoms with Crippen LogP contribution in [0, 0.1) is 0 Å². The number of amides is 1. The maximum Gasteiger partial charge on any atom is 0.234 e. The zero-order valence-electron chi connectivity index (χ0n) is 8.57. The van der Waals surface area contributed by atoms with Crippen LogP contribution < -0.4 is 11.1 Å². The van der Waals surface area contributed by atoms with E-state index in [1.165, 1.54) is 11.8 Å². The van der Waals surface area contributed by atoms with Crippen molar-refractivity contribution >= 4 is 40.6 Å². The summed E-state index contributed by atoms with van der Waals surface area (Å²) >= 11 is 7.25. The van der Waals surface area contributed by atoms with Gasteiger partial charge in [0.25, 0.3) is 0 Å². The van der Waals surface area contributed by atoms with Gasteiger partial charge in [0.15, 0.2) is 0 Å². The van der Waals surface area contributed by atoms with Gasteiger partial charge in [-0.3, -0.25) is 4.79 Å². The van der Waals surface area contributed by atoms with E-state index >= 15 is 0 Å². The van der Waals surface area contributed by atoms with E-state index in [1.54, 1.807) is 18.2 Å². The van der Waals surface area contributed by atoms with Gasteiger partial charge in [0.2, 0.25) is 5.91 Å². The fourth-order valence-corrected chi connectivity index (χ4v) is 1.82. The van der Waals surface area contributed by atoms with E-state index in [0.717, 1.165) is 0 Å². The SMILES string of the molecule is Nc1ccc(NC(=O)CSCCO)c(Cl)c1. The lowest BCUT2D eigenvalue weighted by atomic mass is 10.3. The molecule has 0 fully saturated rings. The minimum Gasteiger partial charge on any atom is -0.399 e. The Balaban J connectivity index is 2.49. The number of nitrogens with one attached hydrogen (secondary N) is 1. The van der Waals surface area contributed by atoms with Crippen molar-refractivity contribution in [2.24, 2.45) is 0 Å². The smallest absolute Gasteiger partial charge is 0.234 e. The quantitative estimate of drug-likeness (QED) is 0.555. The van der Waals surface area contributed by atoms with Crippen LogP contribution in [-0.2, 0) is 4.79 Å². The molecule has 1 aromatic carbocycles. The number of aliphatic hydroxyl groups is 1. The Morgan fingerprint density at radius 3 is 2.94 bits per heavy atom. The summed E-state index contributed by atoms with van der Waals surface area (Å²) in [5.74, 6) is 0.689. The largest absolute Gasteiger partial charge is 0.399 e. The van der Waals surface area contributed by atoms with Crippen LogP contribution in [0.3, 0.4) is 0 Å². The lowest BCUT2D eigenvalue weighted by Gasteiger charge is -2.07. The van der Waals surface area contributed by atoms with Crippen molar-refractivity contribution in [3.8, 4) is 0 Å². The van der Waals surface area contributed by atoms with Crippen molar-refractivity contribution < 1.29 is 9.90 Å². The molecular weight excluding hydrogens is 248 g/mol. The highest BCUT2D eigenvalue weighted by atomic mass is 35.5. The molecule has 1 aromatic rings. The number of aliphatic hydroxyl groups excluding tert-OH is 1. The Morgan fingerprint density at radius 1 is 1.56 bits per heavy atom. The number of thioether (sulfide) groups is 1. The molecule has 0 saturated heterocycles. The molecule has 0 atom stereocenters. The van der Waals surface area contributed by atoms with Crippen molar-refractivity contribution in [1.82, 2.24) is 0 Å². The molecule has 6 heteroatoms. The van der Waals surface area contributed by atoms with E-state index in [9.17, 15) is 4.79 Å². The van der Waals surface area contributed by atoms with Crippen molar-refractivity contribution in [3.05, 3.63) is 23.2 Å². The molecule has 16 heavy (non-hydrogen) atoms. The summed E-state index contributed by atoms with van der Waals surface area (Å²) in [4.78, 5) is 11.4. The molecular formula is C10H13ClN2O2S. The van der Waals surface area contributed by atoms with Gasteiger partial charge in [-0.05, 0) is 18.2 Å². The molecule has 0 heterocycles. The van der Waals surface area contributed by atoms with Gasteiger partial charge < -0.3 is 16.2 Å². The fourth-order valence-electron chi connectivity index (χ4n) is 1.05. The summed E-state index contributed by atoms with van der Waals surface area (Å²) in [5.41, 5.74) is 6.63. The van der Waals surface area contributed by atoms with E-state index in [0.29, 0.717) is 27.9 Å². The zero-order valence-corrected chi connectivity index (χ0v) is 10.1. The molecule has 88 valence electrons. The van der Waals surface area contributed by atoms with Crippen molar-refractivity contribution in [2.75, 3.05) is 29.2 Å². The lowest BCUT2D eigenvalue weighted by molar-refractivity contribution is -0.113. The third kappa shape index (κ3) is 4.30. The number of anilines is 2. The second-order valence-corrected chi connectivity index (χ2v) is 4.58. The van der Waals surface area contributed by atoms with Gasteiger partial charge >= 0.3 is 0 Å². The Kier molecular flexibility index (Phi) is 5.45. The number of hydrogen-bond donors (Lipinski definition) is 3. The third-order valence-electron chi connectivity index (χ3n) is 1.74. The molecule has 4 nitrogen and oxygen atoms in total. The lowest BCUT2D eigenvalue weighted by Crippen LogP contribution is -2.15. The van der Waals surface area contributed by atoms with Crippen LogP contribution in [0.1, 0.15) is 0 Å². The van der Waals surface area contributed by atoms with Gasteiger partial charge in [-0.25, -0.2) is 0 Å². The van der Waals surface area contributed by atoms with Crippen LogP contribution in [0.5, 0.6) is 0 Å². The molecule has 4 N–H and O–H groups in total. The molecule has 0 aliphatic carbocycles. The summed E-state index contributed by atoms with van der Waals surface area (Å²) in [6, 6.07) is 4.91. The predicted octanol–water partition coefficient (Wildman–Crippen LogP) is 1.59. The Bertz CT molecular complexity index is 374. The normalized spacial score (nSPS) is 10.1. The Labute approximate surface area is 103 Å². The number of carbonyl (C=O) groups excluding carboxylic acids is 1. The highest BCUT2D eigenvalue weighted by molar-refractivity contribution is 7.99. The van der Waals surface area contributed by atoms with E-state index in [-0.39, 0.29) is 12.5 Å². The highest BCUT2D eigenvalue weighted by Gasteiger charge is 2.05. The van der Waals surface area contributed by atoms with Crippen LogP contribution in [0.4, 0.5) is 11.4 Å².